The van der Waals surface area contributed by atoms with E-state index in [0.29, 0.717) is 18.3 Å². The summed E-state index contributed by atoms with van der Waals surface area (Å²) in [5.74, 6) is 2.05. The van der Waals surface area contributed by atoms with Crippen molar-refractivity contribution in [2.45, 2.75) is 26.3 Å². The van der Waals surface area contributed by atoms with Crippen LogP contribution in [0.5, 0.6) is 5.75 Å². The van der Waals surface area contributed by atoms with E-state index >= 15 is 0 Å². The summed E-state index contributed by atoms with van der Waals surface area (Å²) in [6.07, 6.45) is 2.20. The summed E-state index contributed by atoms with van der Waals surface area (Å²) in [4.78, 5) is 4.29. The molecule has 0 amide bonds. The van der Waals surface area contributed by atoms with E-state index in [-0.39, 0.29) is 0 Å². The fourth-order valence-corrected chi connectivity index (χ4v) is 1.63. The third-order valence-corrected chi connectivity index (χ3v) is 2.67. The van der Waals surface area contributed by atoms with E-state index in [4.69, 9.17) is 9.26 Å². The molecular formula is C14H19N3O2. The van der Waals surface area contributed by atoms with Gasteiger partial charge in [-0.2, -0.15) is 4.98 Å². The van der Waals surface area contributed by atoms with E-state index in [9.17, 15) is 0 Å². The van der Waals surface area contributed by atoms with Crippen LogP contribution in [0, 0.1) is 0 Å². The van der Waals surface area contributed by atoms with Crippen LogP contribution >= 0.6 is 0 Å². The van der Waals surface area contributed by atoms with E-state index in [0.717, 1.165) is 30.8 Å². The number of rotatable bonds is 7. The van der Waals surface area contributed by atoms with Crippen molar-refractivity contribution in [1.29, 1.82) is 0 Å². The molecular weight excluding hydrogens is 242 g/mol. The van der Waals surface area contributed by atoms with Crippen molar-refractivity contribution in [2.24, 2.45) is 0 Å². The van der Waals surface area contributed by atoms with Crippen LogP contribution in [0.2, 0.25) is 0 Å². The first-order valence-corrected chi connectivity index (χ1v) is 6.54. The smallest absolute Gasteiger partial charge is 0.257 e. The Morgan fingerprint density at radius 2 is 2.05 bits per heavy atom. The first-order chi connectivity index (χ1) is 9.33. The predicted octanol–water partition coefficient (Wildman–Crippen LogP) is 2.63. The van der Waals surface area contributed by atoms with Crippen LogP contribution in [0.1, 0.15) is 25.6 Å². The summed E-state index contributed by atoms with van der Waals surface area (Å²) in [5, 5.41) is 6.87. The Balaban J connectivity index is 2.00. The summed E-state index contributed by atoms with van der Waals surface area (Å²) >= 11 is 0. The lowest BCUT2D eigenvalue weighted by Crippen LogP contribution is -2.06. The molecule has 1 aromatic heterocycles. The van der Waals surface area contributed by atoms with Crippen LogP contribution in [-0.2, 0) is 6.54 Å². The van der Waals surface area contributed by atoms with Crippen LogP contribution in [0.4, 0.5) is 0 Å². The number of nitrogens with one attached hydrogen (secondary N) is 1. The van der Waals surface area contributed by atoms with Crippen LogP contribution in [-0.4, -0.2) is 23.8 Å². The van der Waals surface area contributed by atoms with Gasteiger partial charge in [-0.25, -0.2) is 0 Å². The minimum atomic E-state index is 0.533. The molecule has 0 aliphatic carbocycles. The van der Waals surface area contributed by atoms with Gasteiger partial charge in [-0.15, -0.1) is 0 Å². The van der Waals surface area contributed by atoms with Crippen LogP contribution < -0.4 is 10.1 Å². The lowest BCUT2D eigenvalue weighted by Gasteiger charge is -2.04. The monoisotopic (exact) mass is 261 g/mol. The second-order valence-corrected chi connectivity index (χ2v) is 4.27. The van der Waals surface area contributed by atoms with Gasteiger partial charge < -0.3 is 14.6 Å². The molecule has 2 aromatic rings. The van der Waals surface area contributed by atoms with E-state index in [2.05, 4.69) is 22.4 Å². The highest BCUT2D eigenvalue weighted by molar-refractivity contribution is 5.54. The summed E-state index contributed by atoms with van der Waals surface area (Å²) in [6, 6.07) is 7.70. The highest BCUT2D eigenvalue weighted by Crippen LogP contribution is 2.21. The Kier molecular flexibility index (Phi) is 4.92. The molecule has 0 fully saturated rings. The highest BCUT2D eigenvalue weighted by atomic mass is 16.5. The van der Waals surface area contributed by atoms with Gasteiger partial charge in [0.15, 0.2) is 5.82 Å². The average molecular weight is 261 g/mol. The maximum Gasteiger partial charge on any atom is 0.257 e. The van der Waals surface area contributed by atoms with Gasteiger partial charge in [-0.1, -0.05) is 18.5 Å². The molecule has 0 saturated heterocycles. The van der Waals surface area contributed by atoms with E-state index in [1.807, 2.05) is 31.3 Å². The van der Waals surface area contributed by atoms with Gasteiger partial charge in [0.25, 0.3) is 5.89 Å². The molecule has 0 aliphatic rings. The lowest BCUT2D eigenvalue weighted by molar-refractivity contribution is 0.309. The minimum absolute atomic E-state index is 0.533. The van der Waals surface area contributed by atoms with E-state index < -0.39 is 0 Å². The number of aromatic nitrogens is 2. The highest BCUT2D eigenvalue weighted by Gasteiger charge is 2.08. The fourth-order valence-electron chi connectivity index (χ4n) is 1.63. The minimum Gasteiger partial charge on any atom is -0.494 e. The Bertz CT molecular complexity index is 494. The molecule has 1 heterocycles. The third kappa shape index (κ3) is 3.79. The van der Waals surface area contributed by atoms with Crippen molar-refractivity contribution in [3.63, 3.8) is 0 Å². The number of benzene rings is 1. The molecule has 19 heavy (non-hydrogen) atoms. The first kappa shape index (κ1) is 13.5. The molecule has 5 nitrogen and oxygen atoms in total. The quantitative estimate of drug-likeness (QED) is 0.776. The molecule has 0 aliphatic heterocycles. The van der Waals surface area contributed by atoms with Gasteiger partial charge >= 0.3 is 0 Å². The second-order valence-electron chi connectivity index (χ2n) is 4.27. The van der Waals surface area contributed by atoms with Gasteiger partial charge in [0.2, 0.25) is 0 Å². The van der Waals surface area contributed by atoms with Crippen LogP contribution in [0.3, 0.4) is 0 Å². The molecule has 1 aromatic carbocycles. The standard InChI is InChI=1S/C14H19N3O2/c1-3-4-9-18-12-7-5-11(6-8-12)14-16-13(10-15-2)17-19-14/h5-8,15H,3-4,9-10H2,1-2H3. The van der Waals surface area contributed by atoms with Crippen LogP contribution in [0.15, 0.2) is 28.8 Å². The number of nitrogens with zero attached hydrogens (tertiary/aromatic N) is 2. The molecule has 2 rings (SSSR count). The Hall–Kier alpha value is -1.88. The zero-order valence-corrected chi connectivity index (χ0v) is 11.3. The lowest BCUT2D eigenvalue weighted by atomic mass is 10.2. The number of unbranched alkanes of at least 4 members (excludes halogenated alkanes) is 1. The van der Waals surface area contributed by atoms with E-state index in [1.54, 1.807) is 0 Å². The SMILES string of the molecule is CCCCOc1ccc(-c2nc(CNC)no2)cc1. The van der Waals surface area contributed by atoms with Crippen molar-refractivity contribution in [3.05, 3.63) is 30.1 Å². The second kappa shape index (κ2) is 6.89. The number of hydrogen-bond acceptors (Lipinski definition) is 5. The summed E-state index contributed by atoms with van der Waals surface area (Å²) in [6.45, 7) is 3.50. The fraction of sp³-hybridized carbons (Fsp3) is 0.429. The number of hydrogen-bond donors (Lipinski definition) is 1. The van der Waals surface area contributed by atoms with Gasteiger partial charge in [0, 0.05) is 5.56 Å². The third-order valence-electron chi connectivity index (χ3n) is 2.67. The Morgan fingerprint density at radius 3 is 2.74 bits per heavy atom. The zero-order chi connectivity index (χ0) is 13.5. The molecule has 102 valence electrons. The first-order valence-electron chi connectivity index (χ1n) is 6.54. The van der Waals surface area contributed by atoms with Gasteiger partial charge in [-0.3, -0.25) is 0 Å². The summed E-state index contributed by atoms with van der Waals surface area (Å²) < 4.78 is 10.8. The molecule has 0 radical (unpaired) electrons. The molecule has 0 spiro atoms. The summed E-state index contributed by atoms with van der Waals surface area (Å²) in [5.41, 5.74) is 0.901. The largest absolute Gasteiger partial charge is 0.494 e. The summed E-state index contributed by atoms with van der Waals surface area (Å²) in [7, 11) is 1.85. The van der Waals surface area contributed by atoms with Crippen molar-refractivity contribution in [2.75, 3.05) is 13.7 Å². The van der Waals surface area contributed by atoms with Gasteiger partial charge in [-0.05, 0) is 37.7 Å². The molecule has 5 heteroatoms. The molecule has 1 N–H and O–H groups in total. The maximum atomic E-state index is 5.60. The molecule has 0 bridgehead atoms. The molecule has 0 unspecified atom stereocenters. The van der Waals surface area contributed by atoms with Crippen LogP contribution in [0.25, 0.3) is 11.5 Å². The van der Waals surface area contributed by atoms with Crippen molar-refractivity contribution in [1.82, 2.24) is 15.5 Å². The number of ether oxygens (including phenoxy) is 1. The Morgan fingerprint density at radius 1 is 1.26 bits per heavy atom. The van der Waals surface area contributed by atoms with Crippen molar-refractivity contribution < 1.29 is 9.26 Å². The topological polar surface area (TPSA) is 60.2 Å². The normalized spacial score (nSPS) is 10.6. The molecule has 0 saturated carbocycles. The molecule has 0 atom stereocenters. The van der Waals surface area contributed by atoms with Crippen molar-refractivity contribution >= 4 is 0 Å². The maximum absolute atomic E-state index is 5.60. The van der Waals surface area contributed by atoms with Gasteiger partial charge in [0.1, 0.15) is 5.75 Å². The average Bonchev–Trinajstić information content (AvgIpc) is 2.89. The zero-order valence-electron chi connectivity index (χ0n) is 11.3. The predicted molar refractivity (Wildman–Crippen MR) is 72.9 cm³/mol. The van der Waals surface area contributed by atoms with Gasteiger partial charge in [0.05, 0.1) is 13.2 Å². The van der Waals surface area contributed by atoms with E-state index in [1.165, 1.54) is 0 Å². The Labute approximate surface area is 113 Å². The van der Waals surface area contributed by atoms with Crippen molar-refractivity contribution in [3.8, 4) is 17.2 Å².